The van der Waals surface area contributed by atoms with E-state index in [1.165, 1.54) is 22.3 Å². The Bertz CT molecular complexity index is 3960. The van der Waals surface area contributed by atoms with Crippen LogP contribution in [-0.2, 0) is 0 Å². The molecule has 0 atom stereocenters. The van der Waals surface area contributed by atoms with Gasteiger partial charge in [-0.15, -0.1) is 0 Å². The van der Waals surface area contributed by atoms with Crippen LogP contribution >= 0.6 is 0 Å². The van der Waals surface area contributed by atoms with Gasteiger partial charge in [0.05, 0.1) is 5.69 Å². The minimum Gasteiger partial charge on any atom is -0.456 e. The van der Waals surface area contributed by atoms with Crippen LogP contribution in [-0.4, -0.2) is 0 Å². The number of benzene rings is 11. The molecule has 0 fully saturated rings. The zero-order chi connectivity index (χ0) is 44.3. The molecule has 13 rings (SSSR count). The zero-order valence-electron chi connectivity index (χ0n) is 36.4. The summed E-state index contributed by atoms with van der Waals surface area (Å²) in [6.07, 6.45) is 0. The molecule has 0 aliphatic carbocycles. The van der Waals surface area contributed by atoms with E-state index in [0.717, 1.165) is 105 Å². The third kappa shape index (κ3) is 6.67. The van der Waals surface area contributed by atoms with Crippen LogP contribution in [0, 0.1) is 0 Å². The molecule has 0 radical (unpaired) electrons. The summed E-state index contributed by atoms with van der Waals surface area (Å²) < 4.78 is 13.1. The molecule has 0 amide bonds. The van der Waals surface area contributed by atoms with Gasteiger partial charge >= 0.3 is 0 Å². The number of hydrogen-bond acceptors (Lipinski definition) is 3. The van der Waals surface area contributed by atoms with Crippen molar-refractivity contribution in [2.45, 2.75) is 0 Å². The number of nitrogens with zero attached hydrogens (tertiary/aromatic N) is 1. The molecular weight excluding hydrogens is 815 g/mol. The molecule has 0 spiro atoms. The topological polar surface area (TPSA) is 29.5 Å². The second-order valence-electron chi connectivity index (χ2n) is 17.2. The zero-order valence-corrected chi connectivity index (χ0v) is 36.4. The maximum absolute atomic E-state index is 6.93. The highest BCUT2D eigenvalue weighted by Crippen LogP contribution is 2.46. The molecule has 0 saturated heterocycles. The van der Waals surface area contributed by atoms with Crippen molar-refractivity contribution in [3.05, 3.63) is 249 Å². The maximum atomic E-state index is 6.93. The van der Waals surface area contributed by atoms with E-state index in [1.54, 1.807) is 0 Å². The summed E-state index contributed by atoms with van der Waals surface area (Å²) in [4.78, 5) is 2.38. The first-order valence-corrected chi connectivity index (χ1v) is 22.8. The van der Waals surface area contributed by atoms with E-state index in [0.29, 0.717) is 0 Å². The van der Waals surface area contributed by atoms with Gasteiger partial charge in [-0.2, -0.15) is 0 Å². The monoisotopic (exact) mass is 855 g/mol. The Labute approximate surface area is 388 Å². The van der Waals surface area contributed by atoms with Gasteiger partial charge in [-0.1, -0.05) is 188 Å². The predicted octanol–water partition coefficient (Wildman–Crippen LogP) is 18.4. The van der Waals surface area contributed by atoms with Crippen molar-refractivity contribution in [1.82, 2.24) is 0 Å². The smallest absolute Gasteiger partial charge is 0.143 e. The third-order valence-electron chi connectivity index (χ3n) is 13.3. The fourth-order valence-electron chi connectivity index (χ4n) is 10.0. The average Bonchev–Trinajstić information content (AvgIpc) is 3.98. The van der Waals surface area contributed by atoms with E-state index in [9.17, 15) is 0 Å². The van der Waals surface area contributed by atoms with Crippen molar-refractivity contribution < 1.29 is 8.83 Å². The number of fused-ring (bicyclic) bond motifs is 8. The van der Waals surface area contributed by atoms with Gasteiger partial charge in [-0.3, -0.25) is 0 Å². The van der Waals surface area contributed by atoms with Crippen molar-refractivity contribution in [1.29, 1.82) is 0 Å². The van der Waals surface area contributed by atoms with Gasteiger partial charge in [0.1, 0.15) is 22.3 Å². The van der Waals surface area contributed by atoms with Gasteiger partial charge in [0, 0.05) is 49.4 Å². The molecule has 0 unspecified atom stereocenters. The summed E-state index contributed by atoms with van der Waals surface area (Å²) in [5.41, 5.74) is 18.2. The van der Waals surface area contributed by atoms with Crippen molar-refractivity contribution in [3.63, 3.8) is 0 Å². The Kier molecular flexibility index (Phi) is 9.17. The molecule has 2 heterocycles. The lowest BCUT2D eigenvalue weighted by atomic mass is 9.91. The second kappa shape index (κ2) is 16.0. The number of para-hydroxylation sites is 3. The van der Waals surface area contributed by atoms with Crippen LogP contribution in [0.3, 0.4) is 0 Å². The Morgan fingerprint density at radius 2 is 0.806 bits per heavy atom. The fourth-order valence-corrected chi connectivity index (χ4v) is 10.0. The van der Waals surface area contributed by atoms with Crippen molar-refractivity contribution in [3.8, 4) is 55.6 Å². The molecular formula is C64H41NO2. The summed E-state index contributed by atoms with van der Waals surface area (Å²) in [5.74, 6) is 0. The summed E-state index contributed by atoms with van der Waals surface area (Å²) in [5, 5.41) is 6.73. The first kappa shape index (κ1) is 38.5. The Morgan fingerprint density at radius 1 is 0.254 bits per heavy atom. The maximum Gasteiger partial charge on any atom is 0.143 e. The molecule has 314 valence electrons. The van der Waals surface area contributed by atoms with Crippen LogP contribution in [0.15, 0.2) is 258 Å². The highest BCUT2D eigenvalue weighted by atomic mass is 16.3. The Morgan fingerprint density at radius 3 is 1.57 bits per heavy atom. The fraction of sp³-hybridized carbons (Fsp3) is 0. The number of rotatable bonds is 8. The van der Waals surface area contributed by atoms with Crippen LogP contribution in [0.1, 0.15) is 0 Å². The molecule has 11 aromatic carbocycles. The van der Waals surface area contributed by atoms with Crippen molar-refractivity contribution >= 4 is 71.7 Å². The van der Waals surface area contributed by atoms with Gasteiger partial charge in [0.15, 0.2) is 0 Å². The van der Waals surface area contributed by atoms with Crippen LogP contribution in [0.5, 0.6) is 0 Å². The molecule has 2 aromatic heterocycles. The molecule has 3 heteroatoms. The summed E-state index contributed by atoms with van der Waals surface area (Å²) in [6.45, 7) is 0. The van der Waals surface area contributed by atoms with Crippen LogP contribution in [0.25, 0.3) is 110 Å². The quantitative estimate of drug-likeness (QED) is 0.152. The Balaban J connectivity index is 0.948. The Hall–Kier alpha value is -8.92. The van der Waals surface area contributed by atoms with Crippen LogP contribution < -0.4 is 4.90 Å². The lowest BCUT2D eigenvalue weighted by Crippen LogP contribution is -2.11. The highest BCUT2D eigenvalue weighted by molar-refractivity contribution is 6.17. The largest absolute Gasteiger partial charge is 0.456 e. The molecule has 0 aliphatic rings. The van der Waals surface area contributed by atoms with Crippen LogP contribution in [0.2, 0.25) is 0 Å². The minimum absolute atomic E-state index is 0.877. The van der Waals surface area contributed by atoms with Crippen molar-refractivity contribution in [2.75, 3.05) is 4.90 Å². The standard InChI is InChI=1S/C64H41NO2/c1-3-14-44(15-4-1)51-37-31-47(40-58(51)45-16-5-2-6-17-45)42-26-33-49(34-27-42)65(50-35-28-43(29-36-50)48-32-39-62-59(41-48)54-21-10-12-25-61(54)66-62)60-24-11-9-20-53(60)55-22-13-23-56-57-38-30-46-18-7-8-19-52(46)63(57)67-64(55)56/h1-41H. The predicted molar refractivity (Wildman–Crippen MR) is 280 cm³/mol. The SMILES string of the molecule is c1ccc(-c2ccc(-c3ccc(N(c4ccc(-c5ccc6oc7ccccc7c6c5)cc4)c4ccccc4-c4cccc5c4oc4c6ccccc6ccc54)cc3)cc2-c2ccccc2)cc1. The molecule has 3 nitrogen and oxygen atoms in total. The van der Waals surface area contributed by atoms with E-state index < -0.39 is 0 Å². The molecule has 0 bridgehead atoms. The summed E-state index contributed by atoms with van der Waals surface area (Å²) in [6, 6.07) is 88.9. The summed E-state index contributed by atoms with van der Waals surface area (Å²) >= 11 is 0. The third-order valence-corrected chi connectivity index (χ3v) is 13.3. The molecule has 0 saturated carbocycles. The van der Waals surface area contributed by atoms with Gasteiger partial charge in [0.2, 0.25) is 0 Å². The number of anilines is 3. The van der Waals surface area contributed by atoms with E-state index in [4.69, 9.17) is 8.83 Å². The lowest BCUT2D eigenvalue weighted by molar-refractivity contribution is 0.669. The first-order chi connectivity index (χ1) is 33.2. The van der Waals surface area contributed by atoms with Crippen molar-refractivity contribution in [2.24, 2.45) is 0 Å². The van der Waals surface area contributed by atoms with Gasteiger partial charge in [-0.25, -0.2) is 0 Å². The van der Waals surface area contributed by atoms with E-state index in [-0.39, 0.29) is 0 Å². The lowest BCUT2D eigenvalue weighted by Gasteiger charge is -2.28. The highest BCUT2D eigenvalue weighted by Gasteiger charge is 2.22. The normalized spacial score (nSPS) is 11.6. The molecule has 0 N–H and O–H groups in total. The molecule has 67 heavy (non-hydrogen) atoms. The average molecular weight is 856 g/mol. The molecule has 13 aromatic rings. The van der Waals surface area contributed by atoms with Gasteiger partial charge < -0.3 is 13.7 Å². The number of hydrogen-bond donors (Lipinski definition) is 0. The van der Waals surface area contributed by atoms with E-state index in [2.05, 4.69) is 241 Å². The van der Waals surface area contributed by atoms with Gasteiger partial charge in [-0.05, 0) is 111 Å². The summed E-state index contributed by atoms with van der Waals surface area (Å²) in [7, 11) is 0. The minimum atomic E-state index is 0.877. The van der Waals surface area contributed by atoms with E-state index in [1.807, 2.05) is 12.1 Å². The molecule has 0 aliphatic heterocycles. The first-order valence-electron chi connectivity index (χ1n) is 22.8. The van der Waals surface area contributed by atoms with Crippen LogP contribution in [0.4, 0.5) is 17.1 Å². The number of furan rings is 2. The van der Waals surface area contributed by atoms with Gasteiger partial charge in [0.25, 0.3) is 0 Å². The second-order valence-corrected chi connectivity index (χ2v) is 17.2. The van der Waals surface area contributed by atoms with E-state index >= 15 is 0 Å².